The molecule has 0 aliphatic carbocycles. The van der Waals surface area contributed by atoms with Crippen LogP contribution in [0.2, 0.25) is 0 Å². The van der Waals surface area contributed by atoms with Crippen LogP contribution in [0.25, 0.3) is 22.3 Å². The summed E-state index contributed by atoms with van der Waals surface area (Å²) >= 11 is 0. The highest BCUT2D eigenvalue weighted by molar-refractivity contribution is 7.61. The van der Waals surface area contributed by atoms with Crippen LogP contribution in [0, 0.1) is 11.6 Å². The van der Waals surface area contributed by atoms with Gasteiger partial charge in [-0.3, -0.25) is 0 Å². The third kappa shape index (κ3) is 3.90. The van der Waals surface area contributed by atoms with Gasteiger partial charge in [0.2, 0.25) is 0 Å². The molecule has 4 aromatic rings. The average Bonchev–Trinajstić information content (AvgIpc) is 2.75. The van der Waals surface area contributed by atoms with Gasteiger partial charge in [0.25, 0.3) is 0 Å². The van der Waals surface area contributed by atoms with Crippen LogP contribution < -0.4 is 10.6 Å². The fraction of sp³-hybridized carbons (Fsp3) is 0. The van der Waals surface area contributed by atoms with E-state index in [-0.39, 0.29) is 11.6 Å². The van der Waals surface area contributed by atoms with Gasteiger partial charge in [0, 0.05) is 0 Å². The molecule has 0 spiro atoms. The zero-order valence-electron chi connectivity index (χ0n) is 14.8. The molecule has 0 saturated carbocycles. The Morgan fingerprint density at radius 1 is 0.429 bits per heavy atom. The van der Waals surface area contributed by atoms with E-state index >= 15 is 0 Å². The van der Waals surface area contributed by atoms with Crippen molar-refractivity contribution >= 4 is 18.4 Å². The first-order valence-corrected chi connectivity index (χ1v) is 10.1. The van der Waals surface area contributed by atoms with Gasteiger partial charge in [-0.2, -0.15) is 0 Å². The third-order valence-electron chi connectivity index (χ3n) is 4.56. The number of hydrogen-bond donors (Lipinski definition) is 0. The standard InChI is InChI=1S/C24H16F2OP/c25-21-9-1-17(2-10-21)19-5-13-23(14-6-19)28(27)24-15-7-20(8-16-24)18-3-11-22(26)12-4-18/h1-16H/q+1. The topological polar surface area (TPSA) is 17.1 Å². The first kappa shape index (κ1) is 18.2. The first-order valence-electron chi connectivity index (χ1n) is 8.79. The predicted octanol–water partition coefficient (Wildman–Crippen LogP) is 6.08. The Morgan fingerprint density at radius 3 is 0.964 bits per heavy atom. The molecule has 0 aliphatic heterocycles. The van der Waals surface area contributed by atoms with E-state index in [0.29, 0.717) is 0 Å². The van der Waals surface area contributed by atoms with Crippen LogP contribution in [0.5, 0.6) is 0 Å². The number of hydrogen-bond acceptors (Lipinski definition) is 1. The molecule has 28 heavy (non-hydrogen) atoms. The number of benzene rings is 4. The van der Waals surface area contributed by atoms with Crippen LogP contribution in [-0.2, 0) is 4.57 Å². The smallest absolute Gasteiger partial charge is 0.207 e. The second-order valence-corrected chi connectivity index (χ2v) is 8.02. The minimum absolute atomic E-state index is 0.271. The molecule has 4 aromatic carbocycles. The summed E-state index contributed by atoms with van der Waals surface area (Å²) in [5, 5.41) is 1.46. The van der Waals surface area contributed by atoms with E-state index in [2.05, 4.69) is 0 Å². The Balaban J connectivity index is 1.54. The molecule has 4 heteroatoms. The van der Waals surface area contributed by atoms with Crippen molar-refractivity contribution in [1.29, 1.82) is 0 Å². The quantitative estimate of drug-likeness (QED) is 0.387. The van der Waals surface area contributed by atoms with Crippen molar-refractivity contribution in [3.05, 3.63) is 109 Å². The molecule has 0 aromatic heterocycles. The van der Waals surface area contributed by atoms with Gasteiger partial charge in [-0.15, -0.1) is 0 Å². The Morgan fingerprint density at radius 2 is 0.679 bits per heavy atom. The van der Waals surface area contributed by atoms with Crippen LogP contribution in [0.15, 0.2) is 97.1 Å². The Bertz CT molecular complexity index is 1010. The summed E-state index contributed by atoms with van der Waals surface area (Å²) in [7, 11) is -1.71. The highest BCUT2D eigenvalue weighted by Gasteiger charge is 2.23. The summed E-state index contributed by atoms with van der Waals surface area (Å²) in [6.45, 7) is 0. The summed E-state index contributed by atoms with van der Waals surface area (Å²) in [4.78, 5) is 0. The summed E-state index contributed by atoms with van der Waals surface area (Å²) in [6, 6.07) is 27.5. The molecule has 0 unspecified atom stereocenters. The normalized spacial score (nSPS) is 10.6. The van der Waals surface area contributed by atoms with E-state index in [1.807, 2.05) is 48.5 Å². The van der Waals surface area contributed by atoms with Gasteiger partial charge in [0.1, 0.15) is 11.6 Å². The number of halogens is 2. The largest absolute Gasteiger partial charge is 0.415 e. The highest BCUT2D eigenvalue weighted by atomic mass is 31.1. The van der Waals surface area contributed by atoms with Gasteiger partial charge in [0.15, 0.2) is 10.6 Å². The maximum absolute atomic E-state index is 13.1. The Kier molecular flexibility index (Phi) is 5.10. The lowest BCUT2D eigenvalue weighted by atomic mass is 10.1. The van der Waals surface area contributed by atoms with Gasteiger partial charge >= 0.3 is 7.80 Å². The maximum atomic E-state index is 13.1. The van der Waals surface area contributed by atoms with Crippen LogP contribution >= 0.6 is 7.80 Å². The molecule has 0 bridgehead atoms. The first-order chi connectivity index (χ1) is 13.6. The fourth-order valence-electron chi connectivity index (χ4n) is 3.01. The van der Waals surface area contributed by atoms with Crippen LogP contribution in [0.3, 0.4) is 0 Å². The Hall–Kier alpha value is -3.16. The molecule has 0 radical (unpaired) electrons. The molecule has 0 aliphatic rings. The van der Waals surface area contributed by atoms with E-state index in [4.69, 9.17) is 0 Å². The van der Waals surface area contributed by atoms with E-state index in [0.717, 1.165) is 32.9 Å². The van der Waals surface area contributed by atoms with Gasteiger partial charge in [-0.25, -0.2) is 8.78 Å². The molecule has 0 fully saturated rings. The zero-order valence-corrected chi connectivity index (χ0v) is 15.7. The van der Waals surface area contributed by atoms with Crippen molar-refractivity contribution in [2.45, 2.75) is 0 Å². The molecule has 0 heterocycles. The third-order valence-corrected chi connectivity index (χ3v) is 6.09. The summed E-state index contributed by atoms with van der Waals surface area (Å²) in [5.74, 6) is -0.542. The van der Waals surface area contributed by atoms with Crippen LogP contribution in [0.4, 0.5) is 8.78 Å². The SMILES string of the molecule is O=[P+](c1ccc(-c2ccc(F)cc2)cc1)c1ccc(-c2ccc(F)cc2)cc1. The predicted molar refractivity (Wildman–Crippen MR) is 111 cm³/mol. The van der Waals surface area contributed by atoms with Crippen molar-refractivity contribution in [2.75, 3.05) is 0 Å². The zero-order chi connectivity index (χ0) is 19.5. The monoisotopic (exact) mass is 389 g/mol. The summed E-state index contributed by atoms with van der Waals surface area (Å²) in [6.07, 6.45) is 0. The van der Waals surface area contributed by atoms with Gasteiger partial charge < -0.3 is 0 Å². The molecule has 0 atom stereocenters. The molecule has 1 nitrogen and oxygen atoms in total. The molecule has 0 N–H and O–H groups in total. The average molecular weight is 389 g/mol. The molecule has 0 saturated heterocycles. The lowest BCUT2D eigenvalue weighted by Crippen LogP contribution is -2.06. The van der Waals surface area contributed by atoms with E-state index in [9.17, 15) is 13.3 Å². The molecule has 136 valence electrons. The lowest BCUT2D eigenvalue weighted by Gasteiger charge is -2.02. The van der Waals surface area contributed by atoms with Crippen molar-refractivity contribution < 1.29 is 13.3 Å². The van der Waals surface area contributed by atoms with Crippen molar-refractivity contribution in [1.82, 2.24) is 0 Å². The second-order valence-electron chi connectivity index (χ2n) is 6.40. The van der Waals surface area contributed by atoms with Gasteiger partial charge in [0.05, 0.1) is 0 Å². The second kappa shape index (κ2) is 7.84. The van der Waals surface area contributed by atoms with Crippen molar-refractivity contribution in [3.63, 3.8) is 0 Å². The van der Waals surface area contributed by atoms with Crippen LogP contribution in [-0.4, -0.2) is 0 Å². The summed E-state index contributed by atoms with van der Waals surface area (Å²) in [5.41, 5.74) is 3.70. The number of rotatable bonds is 4. The van der Waals surface area contributed by atoms with Crippen molar-refractivity contribution in [3.8, 4) is 22.3 Å². The van der Waals surface area contributed by atoms with Crippen molar-refractivity contribution in [2.24, 2.45) is 0 Å². The fourth-order valence-corrected chi connectivity index (χ4v) is 4.15. The highest BCUT2D eigenvalue weighted by Crippen LogP contribution is 2.25. The minimum Gasteiger partial charge on any atom is -0.207 e. The van der Waals surface area contributed by atoms with E-state index in [1.165, 1.54) is 24.3 Å². The Labute approximate surface area is 163 Å². The molecular formula is C24H16F2OP+. The van der Waals surface area contributed by atoms with Gasteiger partial charge in [-0.1, -0.05) is 28.8 Å². The maximum Gasteiger partial charge on any atom is 0.415 e. The molecule has 0 amide bonds. The molecular weight excluding hydrogens is 373 g/mol. The lowest BCUT2D eigenvalue weighted by molar-refractivity contribution is 0.598. The van der Waals surface area contributed by atoms with E-state index in [1.54, 1.807) is 24.3 Å². The van der Waals surface area contributed by atoms with E-state index < -0.39 is 7.80 Å². The molecule has 4 rings (SSSR count). The minimum atomic E-state index is -1.71. The van der Waals surface area contributed by atoms with Gasteiger partial charge in [-0.05, 0) is 95.1 Å². The van der Waals surface area contributed by atoms with Crippen LogP contribution in [0.1, 0.15) is 0 Å². The summed E-state index contributed by atoms with van der Waals surface area (Å²) < 4.78 is 39.0.